The van der Waals surface area contributed by atoms with Gasteiger partial charge in [-0.3, -0.25) is 0 Å². The van der Waals surface area contributed by atoms with E-state index in [4.69, 9.17) is 0 Å². The van der Waals surface area contributed by atoms with E-state index < -0.39 is 0 Å². The summed E-state index contributed by atoms with van der Waals surface area (Å²) in [4.78, 5) is 8.83. The van der Waals surface area contributed by atoms with Gasteiger partial charge < -0.3 is 9.88 Å². The summed E-state index contributed by atoms with van der Waals surface area (Å²) >= 11 is 0. The fraction of sp³-hybridized carbons (Fsp3) is 0.438. The van der Waals surface area contributed by atoms with Gasteiger partial charge in [-0.2, -0.15) is 5.10 Å². The molecule has 1 aliphatic heterocycles. The van der Waals surface area contributed by atoms with E-state index in [1.807, 2.05) is 4.68 Å². The van der Waals surface area contributed by atoms with Crippen LogP contribution in [0.1, 0.15) is 25.0 Å². The Morgan fingerprint density at radius 1 is 1.39 bits per heavy atom. The molecule has 0 bridgehead atoms. The Hall–Kier alpha value is -2.28. The van der Waals surface area contributed by atoms with E-state index >= 15 is 0 Å². The lowest BCUT2D eigenvalue weighted by molar-refractivity contribution is 0.353. The summed E-state index contributed by atoms with van der Waals surface area (Å²) in [6, 6.07) is 5.13. The van der Waals surface area contributed by atoms with E-state index in [2.05, 4.69) is 31.9 Å². The molecule has 0 aliphatic carbocycles. The molecule has 6 nitrogen and oxygen atoms in total. The maximum Gasteiger partial charge on any atom is 0.138 e. The third-order valence-corrected chi connectivity index (χ3v) is 4.46. The maximum atomic E-state index is 13.4. The normalized spacial score (nSPS) is 17.6. The largest absolute Gasteiger partial charge is 0.327 e. The first kappa shape index (κ1) is 14.3. The fourth-order valence-corrected chi connectivity index (χ4v) is 3.28. The number of benzene rings is 1. The predicted molar refractivity (Wildman–Crippen MR) is 84.3 cm³/mol. The number of halogens is 1. The molecule has 2 aromatic heterocycles. The van der Waals surface area contributed by atoms with Crippen LogP contribution in [0.4, 0.5) is 4.39 Å². The first-order valence-electron chi connectivity index (χ1n) is 7.99. The van der Waals surface area contributed by atoms with Gasteiger partial charge in [-0.1, -0.05) is 0 Å². The molecule has 0 radical (unpaired) electrons. The zero-order valence-corrected chi connectivity index (χ0v) is 13.0. The van der Waals surface area contributed by atoms with Crippen molar-refractivity contribution in [3.63, 3.8) is 0 Å². The molecule has 4 rings (SSSR count). The average molecular weight is 314 g/mol. The van der Waals surface area contributed by atoms with Crippen LogP contribution in [0.2, 0.25) is 0 Å². The maximum absolute atomic E-state index is 13.4. The molecule has 7 heteroatoms. The lowest BCUT2D eigenvalue weighted by Crippen LogP contribution is -2.38. The summed E-state index contributed by atoms with van der Waals surface area (Å²) in [6.45, 7) is 4.39. The van der Waals surface area contributed by atoms with Crippen LogP contribution in [-0.2, 0) is 26.1 Å². The SMILES string of the molecule is CCn1c(CN[C@@H]2CCc3ncnn3C2)nc2cc(F)ccc21. The molecule has 1 N–H and O–H groups in total. The van der Waals surface area contributed by atoms with Gasteiger partial charge in [0.15, 0.2) is 0 Å². The first-order chi connectivity index (χ1) is 11.2. The topological polar surface area (TPSA) is 60.6 Å². The van der Waals surface area contributed by atoms with Gasteiger partial charge in [0.1, 0.15) is 23.8 Å². The van der Waals surface area contributed by atoms with Gasteiger partial charge in [0.2, 0.25) is 0 Å². The van der Waals surface area contributed by atoms with Gasteiger partial charge in [-0.15, -0.1) is 0 Å². The van der Waals surface area contributed by atoms with E-state index in [1.54, 1.807) is 12.4 Å². The van der Waals surface area contributed by atoms with Crippen molar-refractivity contribution in [1.82, 2.24) is 29.6 Å². The van der Waals surface area contributed by atoms with Gasteiger partial charge in [0, 0.05) is 25.1 Å². The zero-order valence-electron chi connectivity index (χ0n) is 13.0. The van der Waals surface area contributed by atoms with E-state index in [9.17, 15) is 4.39 Å². The first-order valence-corrected chi connectivity index (χ1v) is 7.99. The summed E-state index contributed by atoms with van der Waals surface area (Å²) in [6.07, 6.45) is 3.59. The quantitative estimate of drug-likeness (QED) is 0.799. The van der Waals surface area contributed by atoms with Crippen molar-refractivity contribution < 1.29 is 4.39 Å². The Morgan fingerprint density at radius 2 is 2.30 bits per heavy atom. The van der Waals surface area contributed by atoms with E-state index in [-0.39, 0.29) is 5.82 Å². The van der Waals surface area contributed by atoms with Gasteiger partial charge in [-0.05, 0) is 25.5 Å². The third kappa shape index (κ3) is 2.61. The number of nitrogens with zero attached hydrogens (tertiary/aromatic N) is 5. The number of rotatable bonds is 4. The highest BCUT2D eigenvalue weighted by Gasteiger charge is 2.20. The van der Waals surface area contributed by atoms with Crippen LogP contribution in [0.25, 0.3) is 11.0 Å². The average Bonchev–Trinajstić information content (AvgIpc) is 3.15. The second kappa shape index (κ2) is 5.73. The predicted octanol–water partition coefficient (Wildman–Crippen LogP) is 1.89. The molecule has 0 saturated heterocycles. The highest BCUT2D eigenvalue weighted by molar-refractivity contribution is 5.76. The molecule has 3 aromatic rings. The molecule has 1 aliphatic rings. The van der Waals surface area contributed by atoms with Crippen molar-refractivity contribution in [3.05, 3.63) is 42.0 Å². The number of fused-ring (bicyclic) bond motifs is 2. The Kier molecular flexibility index (Phi) is 3.57. The van der Waals surface area contributed by atoms with E-state index in [0.717, 1.165) is 43.1 Å². The molecule has 0 spiro atoms. The summed E-state index contributed by atoms with van der Waals surface area (Å²) in [5.41, 5.74) is 1.69. The Labute approximate surface area is 133 Å². The van der Waals surface area contributed by atoms with Crippen molar-refractivity contribution in [2.24, 2.45) is 0 Å². The summed E-state index contributed by atoms with van der Waals surface area (Å²) < 4.78 is 17.5. The van der Waals surface area contributed by atoms with Crippen molar-refractivity contribution >= 4 is 11.0 Å². The zero-order chi connectivity index (χ0) is 15.8. The Balaban J connectivity index is 1.52. The number of imidazole rings is 1. The minimum Gasteiger partial charge on any atom is -0.327 e. The highest BCUT2D eigenvalue weighted by atomic mass is 19.1. The second-order valence-electron chi connectivity index (χ2n) is 5.88. The van der Waals surface area contributed by atoms with Crippen LogP contribution in [0.5, 0.6) is 0 Å². The molecule has 1 aromatic carbocycles. The minimum atomic E-state index is -0.247. The molecule has 0 fully saturated rings. The minimum absolute atomic E-state index is 0.247. The smallest absolute Gasteiger partial charge is 0.138 e. The third-order valence-electron chi connectivity index (χ3n) is 4.46. The second-order valence-corrected chi connectivity index (χ2v) is 5.88. The molecule has 3 heterocycles. The number of nitrogens with one attached hydrogen (secondary N) is 1. The molecule has 23 heavy (non-hydrogen) atoms. The molecular weight excluding hydrogens is 295 g/mol. The van der Waals surface area contributed by atoms with Crippen molar-refractivity contribution in [3.8, 4) is 0 Å². The summed E-state index contributed by atoms with van der Waals surface area (Å²) in [5, 5.41) is 7.80. The van der Waals surface area contributed by atoms with Crippen LogP contribution < -0.4 is 5.32 Å². The summed E-state index contributed by atoms with van der Waals surface area (Å²) in [7, 11) is 0. The lowest BCUT2D eigenvalue weighted by Gasteiger charge is -2.23. The van der Waals surface area contributed by atoms with Crippen molar-refractivity contribution in [1.29, 1.82) is 0 Å². The van der Waals surface area contributed by atoms with Crippen LogP contribution in [0, 0.1) is 5.82 Å². The van der Waals surface area contributed by atoms with Gasteiger partial charge in [-0.25, -0.2) is 19.0 Å². The number of aryl methyl sites for hydroxylation is 2. The van der Waals surface area contributed by atoms with Gasteiger partial charge >= 0.3 is 0 Å². The Bertz CT molecular complexity index is 836. The van der Waals surface area contributed by atoms with Crippen molar-refractivity contribution in [2.75, 3.05) is 0 Å². The fourth-order valence-electron chi connectivity index (χ4n) is 3.28. The van der Waals surface area contributed by atoms with Gasteiger partial charge in [0.25, 0.3) is 0 Å². The molecular formula is C16H19FN6. The monoisotopic (exact) mass is 314 g/mol. The van der Waals surface area contributed by atoms with Crippen LogP contribution >= 0.6 is 0 Å². The van der Waals surface area contributed by atoms with Crippen LogP contribution in [0.15, 0.2) is 24.5 Å². The molecule has 0 saturated carbocycles. The number of hydrogen-bond acceptors (Lipinski definition) is 4. The van der Waals surface area contributed by atoms with Crippen LogP contribution in [-0.4, -0.2) is 30.4 Å². The lowest BCUT2D eigenvalue weighted by atomic mass is 10.1. The van der Waals surface area contributed by atoms with E-state index in [0.29, 0.717) is 18.1 Å². The van der Waals surface area contributed by atoms with Crippen molar-refractivity contribution in [2.45, 2.75) is 45.4 Å². The van der Waals surface area contributed by atoms with E-state index in [1.165, 1.54) is 12.1 Å². The molecule has 0 amide bonds. The standard InChI is InChI=1S/C16H19FN6/c1-2-22-14-5-3-11(17)7-13(14)21-16(22)8-18-12-4-6-15-19-10-20-23(15)9-12/h3,5,7,10,12,18H,2,4,6,8-9H2,1H3/t12-/m1/s1. The van der Waals surface area contributed by atoms with Gasteiger partial charge in [0.05, 0.1) is 24.1 Å². The highest BCUT2D eigenvalue weighted by Crippen LogP contribution is 2.18. The Morgan fingerprint density at radius 3 is 3.17 bits per heavy atom. The number of hydrogen-bond donors (Lipinski definition) is 1. The number of aromatic nitrogens is 5. The van der Waals surface area contributed by atoms with Crippen LogP contribution in [0.3, 0.4) is 0 Å². The summed E-state index contributed by atoms with van der Waals surface area (Å²) in [5.74, 6) is 1.75. The molecule has 1 atom stereocenters. The molecule has 120 valence electrons. The molecule has 0 unspecified atom stereocenters.